The summed E-state index contributed by atoms with van der Waals surface area (Å²) in [7, 11) is 0. The summed E-state index contributed by atoms with van der Waals surface area (Å²) in [6, 6.07) is 7.58. The Morgan fingerprint density at radius 3 is 2.90 bits per heavy atom. The second-order valence-electron chi connectivity index (χ2n) is 5.19. The van der Waals surface area contributed by atoms with Crippen molar-refractivity contribution in [3.8, 4) is 0 Å². The molecular formula is C15H16N4O2. The van der Waals surface area contributed by atoms with Crippen molar-refractivity contribution in [1.29, 1.82) is 0 Å². The first kappa shape index (κ1) is 12.4. The number of hydrazine groups is 1. The summed E-state index contributed by atoms with van der Waals surface area (Å²) >= 11 is 0. The molecule has 0 spiro atoms. The summed E-state index contributed by atoms with van der Waals surface area (Å²) in [4.78, 5) is 11.9. The fourth-order valence-corrected chi connectivity index (χ4v) is 2.97. The van der Waals surface area contributed by atoms with Gasteiger partial charge in [-0.1, -0.05) is 18.2 Å². The topological polar surface area (TPSA) is 61.5 Å². The Labute approximate surface area is 121 Å². The Morgan fingerprint density at radius 1 is 1.14 bits per heavy atom. The number of hydrogen-bond acceptors (Lipinski definition) is 5. The van der Waals surface area contributed by atoms with Crippen molar-refractivity contribution in [3.63, 3.8) is 0 Å². The fraction of sp³-hybridized carbons (Fsp3) is 0.333. The quantitative estimate of drug-likeness (QED) is 0.854. The van der Waals surface area contributed by atoms with Crippen LogP contribution in [-0.2, 0) is 4.74 Å². The first-order valence-electron chi connectivity index (χ1n) is 7.14. The molecule has 0 saturated carbocycles. The van der Waals surface area contributed by atoms with Crippen molar-refractivity contribution in [3.05, 3.63) is 46.4 Å². The van der Waals surface area contributed by atoms with E-state index in [1.54, 1.807) is 0 Å². The highest BCUT2D eigenvalue weighted by molar-refractivity contribution is 5.91. The zero-order valence-electron chi connectivity index (χ0n) is 11.6. The molecule has 1 N–H and O–H groups in total. The number of rotatable bonds is 1. The standard InChI is InChI=1S/C15H16N4O2/c20-15-13-4-2-1-3-12(13)14(16-17-15)19-7-5-11-6-9-21-10-8-18(11)19/h1-5H,6-10H2,(H,17,20). The molecule has 2 aromatic rings. The molecule has 2 aliphatic heterocycles. The van der Waals surface area contributed by atoms with Crippen molar-refractivity contribution in [1.82, 2.24) is 15.2 Å². The van der Waals surface area contributed by atoms with Crippen LogP contribution in [0, 0.1) is 0 Å². The van der Waals surface area contributed by atoms with Crippen LogP contribution in [0.4, 0.5) is 5.82 Å². The van der Waals surface area contributed by atoms with Gasteiger partial charge < -0.3 is 4.74 Å². The second-order valence-corrected chi connectivity index (χ2v) is 5.19. The van der Waals surface area contributed by atoms with Crippen LogP contribution in [-0.4, -0.2) is 41.5 Å². The molecule has 2 aliphatic rings. The molecule has 0 amide bonds. The molecule has 21 heavy (non-hydrogen) atoms. The van der Waals surface area contributed by atoms with E-state index in [1.165, 1.54) is 5.70 Å². The molecule has 0 bridgehead atoms. The Bertz CT molecular complexity index is 768. The van der Waals surface area contributed by atoms with Gasteiger partial charge in [-0.05, 0) is 12.1 Å². The number of anilines is 1. The van der Waals surface area contributed by atoms with Crippen molar-refractivity contribution < 1.29 is 4.74 Å². The molecule has 1 aromatic heterocycles. The molecular weight excluding hydrogens is 268 g/mol. The first-order chi connectivity index (χ1) is 10.3. The Hall–Kier alpha value is -2.34. The number of nitrogens with one attached hydrogen (secondary N) is 1. The van der Waals surface area contributed by atoms with E-state index in [0.717, 1.165) is 37.3 Å². The predicted octanol–water partition coefficient (Wildman–Crippen LogP) is 1.26. The molecule has 6 nitrogen and oxygen atoms in total. The van der Waals surface area contributed by atoms with E-state index < -0.39 is 0 Å². The van der Waals surface area contributed by atoms with Crippen LogP contribution >= 0.6 is 0 Å². The minimum Gasteiger partial charge on any atom is -0.379 e. The van der Waals surface area contributed by atoms with Crippen molar-refractivity contribution >= 4 is 16.6 Å². The smallest absolute Gasteiger partial charge is 0.272 e. The van der Waals surface area contributed by atoms with Crippen LogP contribution in [0.2, 0.25) is 0 Å². The fourth-order valence-electron chi connectivity index (χ4n) is 2.97. The summed E-state index contributed by atoms with van der Waals surface area (Å²) in [6.45, 7) is 3.05. The SMILES string of the molecule is O=c1[nH]nc(N2CC=C3CCOCCN32)c2ccccc12. The minimum absolute atomic E-state index is 0.152. The van der Waals surface area contributed by atoms with Crippen LogP contribution in [0.3, 0.4) is 0 Å². The lowest BCUT2D eigenvalue weighted by Crippen LogP contribution is -2.40. The minimum atomic E-state index is -0.152. The van der Waals surface area contributed by atoms with Gasteiger partial charge in [0, 0.05) is 17.5 Å². The monoisotopic (exact) mass is 284 g/mol. The third kappa shape index (κ3) is 1.99. The van der Waals surface area contributed by atoms with E-state index in [0.29, 0.717) is 12.0 Å². The number of ether oxygens (including phenoxy) is 1. The maximum atomic E-state index is 11.9. The van der Waals surface area contributed by atoms with Crippen LogP contribution < -0.4 is 10.6 Å². The highest BCUT2D eigenvalue weighted by atomic mass is 16.5. The van der Waals surface area contributed by atoms with Gasteiger partial charge in [0.05, 0.1) is 31.7 Å². The molecule has 0 radical (unpaired) electrons. The molecule has 4 rings (SSSR count). The largest absolute Gasteiger partial charge is 0.379 e. The second kappa shape index (κ2) is 4.89. The Morgan fingerprint density at radius 2 is 2.00 bits per heavy atom. The first-order valence-corrected chi connectivity index (χ1v) is 7.14. The molecule has 0 aliphatic carbocycles. The Kier molecular flexibility index (Phi) is 2.89. The summed E-state index contributed by atoms with van der Waals surface area (Å²) in [5, 5.41) is 12.8. The number of aromatic amines is 1. The average molecular weight is 284 g/mol. The molecule has 0 atom stereocenters. The van der Waals surface area contributed by atoms with Gasteiger partial charge in [-0.15, -0.1) is 0 Å². The van der Waals surface area contributed by atoms with Crippen molar-refractivity contribution in [2.45, 2.75) is 6.42 Å². The molecule has 6 heteroatoms. The zero-order chi connectivity index (χ0) is 14.2. The number of aromatic nitrogens is 2. The molecule has 1 fully saturated rings. The van der Waals surface area contributed by atoms with Gasteiger partial charge in [0.2, 0.25) is 0 Å². The predicted molar refractivity (Wildman–Crippen MR) is 79.9 cm³/mol. The van der Waals surface area contributed by atoms with E-state index in [2.05, 4.69) is 26.3 Å². The number of fused-ring (bicyclic) bond motifs is 2. The van der Waals surface area contributed by atoms with E-state index in [-0.39, 0.29) is 5.56 Å². The van der Waals surface area contributed by atoms with Crippen LogP contribution in [0.5, 0.6) is 0 Å². The van der Waals surface area contributed by atoms with E-state index >= 15 is 0 Å². The van der Waals surface area contributed by atoms with Gasteiger partial charge in [-0.3, -0.25) is 14.8 Å². The lowest BCUT2D eigenvalue weighted by molar-refractivity contribution is 0.140. The highest BCUT2D eigenvalue weighted by Crippen LogP contribution is 2.29. The van der Waals surface area contributed by atoms with Crippen molar-refractivity contribution in [2.24, 2.45) is 0 Å². The molecule has 3 heterocycles. The van der Waals surface area contributed by atoms with Gasteiger partial charge in [-0.25, -0.2) is 5.10 Å². The summed E-state index contributed by atoms with van der Waals surface area (Å²) < 4.78 is 5.53. The lowest BCUT2D eigenvalue weighted by Gasteiger charge is -2.32. The summed E-state index contributed by atoms with van der Waals surface area (Å²) in [5.74, 6) is 0.790. The summed E-state index contributed by atoms with van der Waals surface area (Å²) in [6.07, 6.45) is 3.12. The van der Waals surface area contributed by atoms with Gasteiger partial charge in [0.25, 0.3) is 5.56 Å². The number of hydrogen-bond donors (Lipinski definition) is 1. The van der Waals surface area contributed by atoms with Crippen LogP contribution in [0.15, 0.2) is 40.8 Å². The number of benzene rings is 1. The molecule has 0 unspecified atom stereocenters. The highest BCUT2D eigenvalue weighted by Gasteiger charge is 2.27. The number of H-pyrrole nitrogens is 1. The van der Waals surface area contributed by atoms with Gasteiger partial charge in [0.1, 0.15) is 0 Å². The van der Waals surface area contributed by atoms with Crippen LogP contribution in [0.1, 0.15) is 6.42 Å². The zero-order valence-corrected chi connectivity index (χ0v) is 11.6. The third-order valence-corrected chi connectivity index (χ3v) is 3.99. The maximum absolute atomic E-state index is 11.9. The van der Waals surface area contributed by atoms with Crippen LogP contribution in [0.25, 0.3) is 10.8 Å². The Balaban J connectivity index is 1.81. The van der Waals surface area contributed by atoms with Gasteiger partial charge in [0.15, 0.2) is 5.82 Å². The number of nitrogens with zero attached hydrogens (tertiary/aromatic N) is 3. The molecule has 1 aromatic carbocycles. The van der Waals surface area contributed by atoms with Gasteiger partial charge >= 0.3 is 0 Å². The molecule has 108 valence electrons. The van der Waals surface area contributed by atoms with Gasteiger partial charge in [-0.2, -0.15) is 5.10 Å². The summed E-state index contributed by atoms with van der Waals surface area (Å²) in [5.41, 5.74) is 1.12. The van der Waals surface area contributed by atoms with E-state index in [1.807, 2.05) is 24.3 Å². The third-order valence-electron chi connectivity index (χ3n) is 3.99. The maximum Gasteiger partial charge on any atom is 0.272 e. The normalized spacial score (nSPS) is 18.6. The lowest BCUT2D eigenvalue weighted by atomic mass is 10.2. The van der Waals surface area contributed by atoms with E-state index in [9.17, 15) is 4.79 Å². The molecule has 1 saturated heterocycles. The van der Waals surface area contributed by atoms with Crippen molar-refractivity contribution in [2.75, 3.05) is 31.3 Å². The average Bonchev–Trinajstić information content (AvgIpc) is 2.77. The van der Waals surface area contributed by atoms with E-state index in [4.69, 9.17) is 4.74 Å².